The quantitative estimate of drug-likeness (QED) is 0.642. The number of carbonyl (C=O) groups excluding carboxylic acids is 2. The molecule has 31 heavy (non-hydrogen) atoms. The highest BCUT2D eigenvalue weighted by molar-refractivity contribution is 7.08. The SMILES string of the molecule is CCNC(=O)[C@@]1(Cc2ccccc2-c2ccsc2)CN(C(=O)c2cnccn2)CCO1. The summed E-state index contributed by atoms with van der Waals surface area (Å²) in [6.07, 6.45) is 4.81. The largest absolute Gasteiger partial charge is 0.361 e. The average molecular weight is 437 g/mol. The number of thiophene rings is 1. The van der Waals surface area contributed by atoms with Crippen LogP contribution in [-0.2, 0) is 16.0 Å². The first-order valence-electron chi connectivity index (χ1n) is 10.2. The van der Waals surface area contributed by atoms with Gasteiger partial charge in [0.15, 0.2) is 5.60 Å². The van der Waals surface area contributed by atoms with Crippen LogP contribution in [0.5, 0.6) is 0 Å². The first kappa shape index (κ1) is 21.1. The minimum atomic E-state index is -1.18. The van der Waals surface area contributed by atoms with E-state index in [9.17, 15) is 9.59 Å². The third-order valence-corrected chi connectivity index (χ3v) is 6.02. The Morgan fingerprint density at radius 1 is 1.26 bits per heavy atom. The number of ether oxygens (including phenoxy) is 1. The van der Waals surface area contributed by atoms with E-state index in [2.05, 4.69) is 26.7 Å². The predicted molar refractivity (Wildman–Crippen MR) is 119 cm³/mol. The van der Waals surface area contributed by atoms with Gasteiger partial charge in [-0.3, -0.25) is 14.6 Å². The van der Waals surface area contributed by atoms with E-state index in [0.717, 1.165) is 16.7 Å². The molecule has 0 aliphatic carbocycles. The zero-order valence-corrected chi connectivity index (χ0v) is 18.1. The lowest BCUT2D eigenvalue weighted by Gasteiger charge is -2.41. The molecule has 0 radical (unpaired) electrons. The Labute approximate surface area is 185 Å². The summed E-state index contributed by atoms with van der Waals surface area (Å²) in [5.74, 6) is -0.469. The fraction of sp³-hybridized carbons (Fsp3) is 0.304. The van der Waals surface area contributed by atoms with Crippen molar-refractivity contribution in [1.82, 2.24) is 20.2 Å². The highest BCUT2D eigenvalue weighted by atomic mass is 32.1. The van der Waals surface area contributed by atoms with Crippen molar-refractivity contribution >= 4 is 23.2 Å². The first-order valence-corrected chi connectivity index (χ1v) is 11.2. The van der Waals surface area contributed by atoms with Crippen molar-refractivity contribution < 1.29 is 14.3 Å². The van der Waals surface area contributed by atoms with Crippen LogP contribution in [0, 0.1) is 0 Å². The number of rotatable bonds is 6. The van der Waals surface area contributed by atoms with Gasteiger partial charge in [0, 0.05) is 31.9 Å². The van der Waals surface area contributed by atoms with E-state index in [1.54, 1.807) is 16.2 Å². The lowest BCUT2D eigenvalue weighted by atomic mass is 9.87. The lowest BCUT2D eigenvalue weighted by molar-refractivity contribution is -0.157. The predicted octanol–water partition coefficient (Wildman–Crippen LogP) is 2.80. The number of morpholine rings is 1. The van der Waals surface area contributed by atoms with Gasteiger partial charge in [0.25, 0.3) is 11.8 Å². The Kier molecular flexibility index (Phi) is 6.39. The van der Waals surface area contributed by atoms with E-state index in [1.807, 2.05) is 36.6 Å². The van der Waals surface area contributed by atoms with Crippen LogP contribution >= 0.6 is 11.3 Å². The van der Waals surface area contributed by atoms with Crippen LogP contribution in [0.3, 0.4) is 0 Å². The molecular formula is C23H24N4O3S. The summed E-state index contributed by atoms with van der Waals surface area (Å²) >= 11 is 1.63. The fourth-order valence-electron chi connectivity index (χ4n) is 3.86. The van der Waals surface area contributed by atoms with Gasteiger partial charge in [-0.2, -0.15) is 11.3 Å². The number of likely N-dealkylation sites (N-methyl/N-ethyl adjacent to an activating group) is 1. The summed E-state index contributed by atoms with van der Waals surface area (Å²) in [4.78, 5) is 36.0. The smallest absolute Gasteiger partial charge is 0.274 e. The van der Waals surface area contributed by atoms with Crippen molar-refractivity contribution in [3.63, 3.8) is 0 Å². The summed E-state index contributed by atoms with van der Waals surface area (Å²) in [5.41, 5.74) is 2.25. The van der Waals surface area contributed by atoms with Crippen LogP contribution in [0.25, 0.3) is 11.1 Å². The lowest BCUT2D eigenvalue weighted by Crippen LogP contribution is -2.62. The zero-order chi connectivity index (χ0) is 21.7. The van der Waals surface area contributed by atoms with Gasteiger partial charge in [-0.1, -0.05) is 24.3 Å². The Balaban J connectivity index is 1.67. The Morgan fingerprint density at radius 3 is 2.87 bits per heavy atom. The maximum Gasteiger partial charge on any atom is 0.274 e. The fourth-order valence-corrected chi connectivity index (χ4v) is 4.51. The number of carbonyl (C=O) groups is 2. The van der Waals surface area contributed by atoms with Gasteiger partial charge < -0.3 is 15.0 Å². The molecule has 3 heterocycles. The van der Waals surface area contributed by atoms with E-state index < -0.39 is 5.60 Å². The molecule has 0 spiro atoms. The highest BCUT2D eigenvalue weighted by Gasteiger charge is 2.45. The number of aromatic nitrogens is 2. The van der Waals surface area contributed by atoms with Crippen molar-refractivity contribution in [2.45, 2.75) is 18.9 Å². The summed E-state index contributed by atoms with van der Waals surface area (Å²) < 4.78 is 6.13. The molecule has 1 fully saturated rings. The van der Waals surface area contributed by atoms with Gasteiger partial charge in [0.2, 0.25) is 0 Å². The molecule has 1 aromatic carbocycles. The number of hydrogen-bond donors (Lipinski definition) is 1. The highest BCUT2D eigenvalue weighted by Crippen LogP contribution is 2.31. The average Bonchev–Trinajstić information content (AvgIpc) is 3.35. The maximum atomic E-state index is 13.2. The van der Waals surface area contributed by atoms with Crippen LogP contribution < -0.4 is 5.32 Å². The molecule has 1 atom stereocenters. The molecule has 1 aliphatic rings. The van der Waals surface area contributed by atoms with E-state index in [1.165, 1.54) is 18.6 Å². The Bertz CT molecular complexity index is 1040. The van der Waals surface area contributed by atoms with Crippen molar-refractivity contribution in [2.24, 2.45) is 0 Å². The molecule has 3 aromatic rings. The molecule has 2 amide bonds. The molecular weight excluding hydrogens is 412 g/mol. The van der Waals surface area contributed by atoms with E-state index >= 15 is 0 Å². The van der Waals surface area contributed by atoms with E-state index in [4.69, 9.17) is 4.74 Å². The van der Waals surface area contributed by atoms with Gasteiger partial charge in [-0.05, 0) is 40.4 Å². The normalized spacial score (nSPS) is 18.5. The van der Waals surface area contributed by atoms with Crippen LogP contribution in [0.4, 0.5) is 0 Å². The standard InChI is InChI=1S/C23H24N4O3S/c1-2-25-22(29)23(13-17-5-3-4-6-19(17)18-7-12-31-15-18)16-27(10-11-30-23)21(28)20-14-24-8-9-26-20/h3-9,12,14-15H,2,10-11,13,16H2,1H3,(H,25,29)/t23-/m1/s1. The summed E-state index contributed by atoms with van der Waals surface area (Å²) in [6, 6.07) is 10.1. The van der Waals surface area contributed by atoms with Gasteiger partial charge in [0.05, 0.1) is 19.3 Å². The summed E-state index contributed by atoms with van der Waals surface area (Å²) in [7, 11) is 0. The number of amides is 2. The summed E-state index contributed by atoms with van der Waals surface area (Å²) in [5, 5.41) is 7.02. The summed E-state index contributed by atoms with van der Waals surface area (Å²) in [6.45, 7) is 3.16. The first-order chi connectivity index (χ1) is 15.1. The molecule has 0 saturated carbocycles. The van der Waals surface area contributed by atoms with Crippen molar-refractivity contribution in [1.29, 1.82) is 0 Å². The zero-order valence-electron chi connectivity index (χ0n) is 17.3. The van der Waals surface area contributed by atoms with Crippen molar-refractivity contribution in [3.05, 3.63) is 70.9 Å². The van der Waals surface area contributed by atoms with E-state index in [0.29, 0.717) is 19.5 Å². The molecule has 0 bridgehead atoms. The van der Waals surface area contributed by atoms with Crippen molar-refractivity contribution in [3.8, 4) is 11.1 Å². The number of hydrogen-bond acceptors (Lipinski definition) is 6. The number of benzene rings is 1. The second-order valence-corrected chi connectivity index (χ2v) is 8.15. The monoisotopic (exact) mass is 436 g/mol. The molecule has 4 rings (SSSR count). The Hall–Kier alpha value is -3.10. The molecule has 1 saturated heterocycles. The molecule has 7 nitrogen and oxygen atoms in total. The maximum absolute atomic E-state index is 13.2. The van der Waals surface area contributed by atoms with E-state index in [-0.39, 0.29) is 30.7 Å². The van der Waals surface area contributed by atoms with Gasteiger partial charge in [-0.25, -0.2) is 4.98 Å². The third-order valence-electron chi connectivity index (χ3n) is 5.33. The number of nitrogens with one attached hydrogen (secondary N) is 1. The molecule has 0 unspecified atom stereocenters. The number of nitrogens with zero attached hydrogens (tertiary/aromatic N) is 3. The van der Waals surface area contributed by atoms with Gasteiger partial charge >= 0.3 is 0 Å². The topological polar surface area (TPSA) is 84.4 Å². The van der Waals surface area contributed by atoms with Gasteiger partial charge in [0.1, 0.15) is 5.69 Å². The van der Waals surface area contributed by atoms with Crippen LogP contribution in [0.1, 0.15) is 23.0 Å². The second kappa shape index (κ2) is 9.36. The van der Waals surface area contributed by atoms with Crippen LogP contribution in [-0.4, -0.2) is 58.5 Å². The van der Waals surface area contributed by atoms with Crippen molar-refractivity contribution in [2.75, 3.05) is 26.2 Å². The van der Waals surface area contributed by atoms with Gasteiger partial charge in [-0.15, -0.1) is 0 Å². The molecule has 160 valence electrons. The molecule has 8 heteroatoms. The third kappa shape index (κ3) is 4.50. The minimum Gasteiger partial charge on any atom is -0.361 e. The molecule has 2 aromatic heterocycles. The minimum absolute atomic E-state index is 0.145. The Morgan fingerprint density at radius 2 is 2.13 bits per heavy atom. The second-order valence-electron chi connectivity index (χ2n) is 7.37. The van der Waals surface area contributed by atoms with Crippen LogP contribution in [0.2, 0.25) is 0 Å². The molecule has 1 aliphatic heterocycles. The van der Waals surface area contributed by atoms with Crippen LogP contribution in [0.15, 0.2) is 59.7 Å². The molecule has 1 N–H and O–H groups in total.